The van der Waals surface area contributed by atoms with Crippen LogP contribution in [-0.4, -0.2) is 55.6 Å². The van der Waals surface area contributed by atoms with Gasteiger partial charge in [-0.25, -0.2) is 8.70 Å². The summed E-state index contributed by atoms with van der Waals surface area (Å²) in [6.45, 7) is 6.48. The molecule has 3 aromatic carbocycles. The van der Waals surface area contributed by atoms with E-state index in [0.29, 0.717) is 25.0 Å². The predicted octanol–water partition coefficient (Wildman–Crippen LogP) is 4.76. The maximum atomic E-state index is 12.7. The molecule has 228 valence electrons. The largest absolute Gasteiger partial charge is 0.760 e. The van der Waals surface area contributed by atoms with Gasteiger partial charge < -0.3 is 25.6 Å². The summed E-state index contributed by atoms with van der Waals surface area (Å²) in [7, 11) is 0. The van der Waals surface area contributed by atoms with E-state index in [1.54, 1.807) is 12.1 Å². The molecule has 1 saturated heterocycles. The van der Waals surface area contributed by atoms with E-state index in [2.05, 4.69) is 55.5 Å². The monoisotopic (exact) mass is 616 g/mol. The van der Waals surface area contributed by atoms with Crippen molar-refractivity contribution in [2.75, 3.05) is 18.9 Å². The summed E-state index contributed by atoms with van der Waals surface area (Å²) in [5, 5.41) is -0.488. The smallest absolute Gasteiger partial charge is 0.323 e. The zero-order chi connectivity index (χ0) is 31.1. The van der Waals surface area contributed by atoms with E-state index in [4.69, 9.17) is 16.2 Å². The average Bonchev–Trinajstić information content (AvgIpc) is 3.48. The fourth-order valence-electron chi connectivity index (χ4n) is 3.65. The zero-order valence-electron chi connectivity index (χ0n) is 24.1. The molecule has 0 spiro atoms. The summed E-state index contributed by atoms with van der Waals surface area (Å²) in [6, 6.07) is 24.1. The van der Waals surface area contributed by atoms with Gasteiger partial charge in [-0.15, -0.1) is 11.8 Å². The first-order valence-electron chi connectivity index (χ1n) is 13.5. The van der Waals surface area contributed by atoms with E-state index < -0.39 is 28.7 Å². The molecular weight excluding hydrogens is 577 g/mol. The van der Waals surface area contributed by atoms with E-state index in [1.165, 1.54) is 40.6 Å². The van der Waals surface area contributed by atoms with Crippen molar-refractivity contribution in [2.45, 2.75) is 44.6 Å². The van der Waals surface area contributed by atoms with Crippen molar-refractivity contribution >= 4 is 35.3 Å². The first kappa shape index (κ1) is 35.3. The van der Waals surface area contributed by atoms with E-state index in [1.807, 2.05) is 19.9 Å². The van der Waals surface area contributed by atoms with E-state index in [9.17, 15) is 22.7 Å². The maximum absolute atomic E-state index is 12.7. The molecule has 1 aliphatic heterocycles. The Morgan fingerprint density at radius 2 is 1.67 bits per heavy atom. The molecule has 11 heteroatoms. The van der Waals surface area contributed by atoms with Gasteiger partial charge in [0.1, 0.15) is 23.5 Å². The van der Waals surface area contributed by atoms with Crippen molar-refractivity contribution in [3.8, 4) is 11.1 Å². The predicted molar refractivity (Wildman–Crippen MR) is 166 cm³/mol. The van der Waals surface area contributed by atoms with Gasteiger partial charge >= 0.3 is 5.97 Å². The van der Waals surface area contributed by atoms with Crippen LogP contribution in [0.5, 0.6) is 0 Å². The molecule has 0 aromatic heterocycles. The number of nitrogens with two attached hydrogens (primary N) is 2. The minimum Gasteiger partial charge on any atom is -0.760 e. The van der Waals surface area contributed by atoms with Crippen LogP contribution < -0.4 is 11.5 Å². The second-order valence-corrected chi connectivity index (χ2v) is 12.0. The zero-order valence-corrected chi connectivity index (χ0v) is 25.7. The molecule has 1 aliphatic rings. The highest BCUT2D eigenvalue weighted by molar-refractivity contribution is 8.01. The average molecular weight is 617 g/mol. The standard InChI is InChI=1S/C14H21FN2O2.C13H12.C4H7NO3S2/c1-9(2)13(17)14(18)19-8-7-12(16)10-3-5-11(15)6-4-10;1-11-7-9-13(10-8-11)12-5-3-2-4-6-12;6-3-4-5(10(7)8)1-2-9-4/h3-6,9,12-13H,7-8,16-17H2,1-2H3;2-10H,1H3;3-4H,1-2H2,(H,7,8)/p-1/t12-,13-;;4-/m0.0/s1. The van der Waals surface area contributed by atoms with Crippen molar-refractivity contribution in [1.82, 2.24) is 4.31 Å². The van der Waals surface area contributed by atoms with Gasteiger partial charge in [0.25, 0.3) is 0 Å². The van der Waals surface area contributed by atoms with E-state index in [0.717, 1.165) is 9.87 Å². The van der Waals surface area contributed by atoms with Gasteiger partial charge in [0.2, 0.25) is 0 Å². The quantitative estimate of drug-likeness (QED) is 0.199. The van der Waals surface area contributed by atoms with Crippen molar-refractivity contribution < 1.29 is 27.5 Å². The summed E-state index contributed by atoms with van der Waals surface area (Å²) >= 11 is -0.896. The van der Waals surface area contributed by atoms with Crippen LogP contribution in [0.15, 0.2) is 78.9 Å². The number of rotatable bonds is 9. The highest BCUT2D eigenvalue weighted by Gasteiger charge is 2.24. The third-order valence-corrected chi connectivity index (χ3v) is 8.36. The van der Waals surface area contributed by atoms with Crippen molar-refractivity contribution in [2.24, 2.45) is 17.4 Å². The molecule has 1 unspecified atom stereocenters. The maximum Gasteiger partial charge on any atom is 0.323 e. The van der Waals surface area contributed by atoms with Gasteiger partial charge in [-0.2, -0.15) is 0 Å². The topological polar surface area (TPSA) is 139 Å². The molecule has 0 amide bonds. The normalized spacial score (nSPS) is 16.7. The molecule has 3 aromatic rings. The minimum atomic E-state index is -2.24. The van der Waals surface area contributed by atoms with Crippen LogP contribution in [0.25, 0.3) is 11.1 Å². The van der Waals surface area contributed by atoms with Crippen molar-refractivity contribution in [3.63, 3.8) is 0 Å². The first-order valence-corrected chi connectivity index (χ1v) is 15.6. The van der Waals surface area contributed by atoms with Gasteiger partial charge in [0.05, 0.1) is 6.61 Å². The Kier molecular flexibility index (Phi) is 15.6. The SMILES string of the molecule is CC(C)[C@H](N)C(=O)OCC[C@H](N)c1ccc(F)cc1.Cc1ccc(-c2ccccc2)cc1.O=C[C@@H]1SCCN1S(=O)[O-]. The Morgan fingerprint density at radius 1 is 1.07 bits per heavy atom. The Balaban J connectivity index is 0.000000232. The molecule has 4 atom stereocenters. The number of benzene rings is 3. The molecule has 4 N–H and O–H groups in total. The number of nitrogens with zero attached hydrogens (tertiary/aromatic N) is 1. The van der Waals surface area contributed by atoms with Crippen molar-refractivity contribution in [3.05, 3.63) is 95.8 Å². The van der Waals surface area contributed by atoms with Crippen LogP contribution in [0.1, 0.15) is 37.4 Å². The number of aryl methyl sites for hydroxylation is 1. The lowest BCUT2D eigenvalue weighted by molar-refractivity contribution is -0.146. The first-order chi connectivity index (χ1) is 20.0. The minimum absolute atomic E-state index is 0.0401. The fraction of sp³-hybridized carbons (Fsp3) is 0.355. The number of hydrogen-bond donors (Lipinski definition) is 2. The lowest BCUT2D eigenvalue weighted by Gasteiger charge is -2.20. The Hall–Kier alpha value is -2.93. The lowest BCUT2D eigenvalue weighted by atomic mass is 10.0. The van der Waals surface area contributed by atoms with Gasteiger partial charge in [-0.05, 0) is 41.7 Å². The fourth-order valence-corrected chi connectivity index (χ4v) is 5.51. The summed E-state index contributed by atoms with van der Waals surface area (Å²) in [5.74, 6) is 0.0297. The molecule has 0 bridgehead atoms. The number of thioether (sulfide) groups is 1. The molecule has 0 aliphatic carbocycles. The molecule has 1 heterocycles. The number of carbonyl (C=O) groups excluding carboxylic acids is 2. The van der Waals surface area contributed by atoms with Gasteiger partial charge in [-0.3, -0.25) is 9.00 Å². The highest BCUT2D eigenvalue weighted by Crippen LogP contribution is 2.22. The highest BCUT2D eigenvalue weighted by atomic mass is 32.2. The number of hydrogen-bond acceptors (Lipinski definition) is 8. The second-order valence-electron chi connectivity index (χ2n) is 9.87. The number of halogens is 1. The second kappa shape index (κ2) is 18.6. The van der Waals surface area contributed by atoms with E-state index in [-0.39, 0.29) is 24.4 Å². The molecular formula is C31H39FN3O5S2-. The van der Waals surface area contributed by atoms with E-state index >= 15 is 0 Å². The number of esters is 1. The number of aldehydes is 1. The lowest BCUT2D eigenvalue weighted by Crippen LogP contribution is -2.37. The van der Waals surface area contributed by atoms with Crippen LogP contribution in [0.2, 0.25) is 0 Å². The molecule has 1 fully saturated rings. The molecule has 42 heavy (non-hydrogen) atoms. The van der Waals surface area contributed by atoms with Crippen LogP contribution in [0.3, 0.4) is 0 Å². The molecule has 0 saturated carbocycles. The summed E-state index contributed by atoms with van der Waals surface area (Å²) in [4.78, 5) is 21.7. The van der Waals surface area contributed by atoms with Gasteiger partial charge in [0.15, 0.2) is 0 Å². The van der Waals surface area contributed by atoms with Crippen LogP contribution in [-0.2, 0) is 25.6 Å². The van der Waals surface area contributed by atoms with Gasteiger partial charge in [0, 0.05) is 36.0 Å². The summed E-state index contributed by atoms with van der Waals surface area (Å²) in [5.41, 5.74) is 16.3. The van der Waals surface area contributed by atoms with Gasteiger partial charge in [-0.1, -0.05) is 86.1 Å². The third kappa shape index (κ3) is 12.1. The Bertz CT molecular complexity index is 1250. The Morgan fingerprint density at radius 3 is 2.19 bits per heavy atom. The third-order valence-electron chi connectivity index (χ3n) is 6.31. The summed E-state index contributed by atoms with van der Waals surface area (Å²) in [6.07, 6.45) is 1.12. The molecule has 0 radical (unpaired) electrons. The van der Waals surface area contributed by atoms with Crippen molar-refractivity contribution in [1.29, 1.82) is 0 Å². The van der Waals surface area contributed by atoms with Crippen LogP contribution in [0, 0.1) is 18.7 Å². The number of carbonyl (C=O) groups is 2. The molecule has 8 nitrogen and oxygen atoms in total. The summed E-state index contributed by atoms with van der Waals surface area (Å²) < 4.78 is 39.6. The number of ether oxygens (including phenoxy) is 1. The Labute approximate surface area is 254 Å². The van der Waals surface area contributed by atoms with Crippen LogP contribution >= 0.6 is 11.8 Å². The van der Waals surface area contributed by atoms with Crippen LogP contribution in [0.4, 0.5) is 4.39 Å². The molecule has 4 rings (SSSR count).